The summed E-state index contributed by atoms with van der Waals surface area (Å²) in [5, 5.41) is 3.16. The topological polar surface area (TPSA) is 99.3 Å². The Morgan fingerprint density at radius 1 is 1.12 bits per heavy atom. The Bertz CT molecular complexity index is 1370. The zero-order valence-corrected chi connectivity index (χ0v) is 18.9. The van der Waals surface area contributed by atoms with Gasteiger partial charge in [0, 0.05) is 60.6 Å². The first-order valence-electron chi connectivity index (χ1n) is 10.2. The number of benzene rings is 1. The SMILES string of the molecule is C[C@@H]1CN(C(=O)c2ccccc2)CCN1S(=O)(=O)c1c[nH]c2c(-c3nccs3)nccc12. The number of thiazole rings is 1. The molecule has 0 unspecified atom stereocenters. The molecule has 1 fully saturated rings. The molecule has 1 N–H and O–H groups in total. The Morgan fingerprint density at radius 2 is 1.94 bits per heavy atom. The van der Waals surface area contributed by atoms with Crippen molar-refractivity contribution in [3.8, 4) is 10.7 Å². The van der Waals surface area contributed by atoms with E-state index in [9.17, 15) is 13.2 Å². The number of carbonyl (C=O) groups is 1. The van der Waals surface area contributed by atoms with Crippen molar-refractivity contribution in [1.29, 1.82) is 0 Å². The van der Waals surface area contributed by atoms with Crippen molar-refractivity contribution in [3.63, 3.8) is 0 Å². The molecule has 0 aliphatic carbocycles. The molecule has 1 aromatic carbocycles. The van der Waals surface area contributed by atoms with E-state index in [2.05, 4.69) is 15.0 Å². The molecular weight excluding hydrogens is 446 g/mol. The second kappa shape index (κ2) is 8.12. The van der Waals surface area contributed by atoms with E-state index in [1.165, 1.54) is 21.8 Å². The average Bonchev–Trinajstić information content (AvgIpc) is 3.49. The quantitative estimate of drug-likeness (QED) is 0.497. The third-order valence-electron chi connectivity index (χ3n) is 5.66. The third-order valence-corrected chi connectivity index (χ3v) is 8.49. The van der Waals surface area contributed by atoms with Gasteiger partial charge in [-0.05, 0) is 25.1 Å². The van der Waals surface area contributed by atoms with E-state index >= 15 is 0 Å². The van der Waals surface area contributed by atoms with Crippen LogP contribution in [0, 0.1) is 0 Å². The molecule has 1 aliphatic heterocycles. The number of piperazine rings is 1. The van der Waals surface area contributed by atoms with Crippen molar-refractivity contribution < 1.29 is 13.2 Å². The molecule has 10 heteroatoms. The van der Waals surface area contributed by atoms with Crippen LogP contribution in [0.5, 0.6) is 0 Å². The van der Waals surface area contributed by atoms with Crippen molar-refractivity contribution in [2.75, 3.05) is 19.6 Å². The van der Waals surface area contributed by atoms with Gasteiger partial charge in [-0.15, -0.1) is 11.3 Å². The van der Waals surface area contributed by atoms with E-state index in [4.69, 9.17) is 0 Å². The summed E-state index contributed by atoms with van der Waals surface area (Å²) in [5.74, 6) is -0.0826. The summed E-state index contributed by atoms with van der Waals surface area (Å²) >= 11 is 1.45. The number of sulfonamides is 1. The monoisotopic (exact) mass is 467 g/mol. The molecule has 1 aliphatic rings. The first-order chi connectivity index (χ1) is 15.5. The lowest BCUT2D eigenvalue weighted by molar-refractivity contribution is 0.0642. The van der Waals surface area contributed by atoms with Crippen molar-refractivity contribution >= 4 is 38.2 Å². The summed E-state index contributed by atoms with van der Waals surface area (Å²) in [6.45, 7) is 2.74. The Labute approximate surface area is 189 Å². The number of fused-ring (bicyclic) bond motifs is 1. The number of hydrogen-bond acceptors (Lipinski definition) is 6. The molecule has 32 heavy (non-hydrogen) atoms. The van der Waals surface area contributed by atoms with Gasteiger partial charge in [0.2, 0.25) is 10.0 Å². The fourth-order valence-electron chi connectivity index (χ4n) is 4.12. The van der Waals surface area contributed by atoms with Crippen molar-refractivity contribution in [2.45, 2.75) is 17.9 Å². The predicted octanol–water partition coefficient (Wildman–Crippen LogP) is 3.22. The van der Waals surface area contributed by atoms with Crippen LogP contribution in [0.4, 0.5) is 0 Å². The normalized spacial score (nSPS) is 17.7. The number of aromatic nitrogens is 3. The number of aromatic amines is 1. The van der Waals surface area contributed by atoms with Crippen LogP contribution in [0.3, 0.4) is 0 Å². The molecule has 4 aromatic rings. The van der Waals surface area contributed by atoms with E-state index in [1.54, 1.807) is 35.5 Å². The summed E-state index contributed by atoms with van der Waals surface area (Å²) in [4.78, 5) is 26.5. The molecule has 0 bridgehead atoms. The lowest BCUT2D eigenvalue weighted by atomic mass is 10.1. The Morgan fingerprint density at radius 3 is 2.66 bits per heavy atom. The highest BCUT2D eigenvalue weighted by atomic mass is 32.2. The van der Waals surface area contributed by atoms with Gasteiger partial charge < -0.3 is 9.88 Å². The summed E-state index contributed by atoms with van der Waals surface area (Å²) in [5.41, 5.74) is 1.88. The number of H-pyrrole nitrogens is 1. The van der Waals surface area contributed by atoms with Gasteiger partial charge in [-0.2, -0.15) is 4.31 Å². The van der Waals surface area contributed by atoms with Crippen LogP contribution in [-0.2, 0) is 10.0 Å². The van der Waals surface area contributed by atoms with Crippen molar-refractivity contribution in [1.82, 2.24) is 24.2 Å². The van der Waals surface area contributed by atoms with Gasteiger partial charge >= 0.3 is 0 Å². The number of rotatable bonds is 4. The Kier molecular flexibility index (Phi) is 5.28. The minimum Gasteiger partial charge on any atom is -0.358 e. The molecule has 8 nitrogen and oxygen atoms in total. The van der Waals surface area contributed by atoms with E-state index in [-0.39, 0.29) is 23.4 Å². The minimum atomic E-state index is -3.77. The molecule has 1 amide bonds. The molecule has 3 aromatic heterocycles. The number of carbonyl (C=O) groups excluding carboxylic acids is 1. The lowest BCUT2D eigenvalue weighted by Crippen LogP contribution is -2.55. The van der Waals surface area contributed by atoms with Gasteiger partial charge in [0.1, 0.15) is 15.6 Å². The number of amides is 1. The van der Waals surface area contributed by atoms with E-state index in [0.717, 1.165) is 5.01 Å². The lowest BCUT2D eigenvalue weighted by Gasteiger charge is -2.38. The second-order valence-corrected chi connectivity index (χ2v) is 10.4. The number of pyridine rings is 1. The fraction of sp³-hybridized carbons (Fsp3) is 0.227. The summed E-state index contributed by atoms with van der Waals surface area (Å²) in [7, 11) is -3.77. The highest BCUT2D eigenvalue weighted by Gasteiger charge is 2.36. The molecule has 5 rings (SSSR count). The molecule has 0 spiro atoms. The van der Waals surface area contributed by atoms with Gasteiger partial charge in [0.25, 0.3) is 5.91 Å². The van der Waals surface area contributed by atoms with Gasteiger partial charge in [0.05, 0.1) is 5.52 Å². The predicted molar refractivity (Wildman–Crippen MR) is 123 cm³/mol. The van der Waals surface area contributed by atoms with Gasteiger partial charge in [-0.1, -0.05) is 18.2 Å². The van der Waals surface area contributed by atoms with E-state index in [1.807, 2.05) is 30.5 Å². The van der Waals surface area contributed by atoms with Crippen LogP contribution in [0.15, 0.2) is 65.3 Å². The largest absolute Gasteiger partial charge is 0.358 e. The molecule has 0 saturated carbocycles. The highest BCUT2D eigenvalue weighted by Crippen LogP contribution is 2.33. The maximum absolute atomic E-state index is 13.6. The first kappa shape index (κ1) is 20.8. The fourth-order valence-corrected chi connectivity index (χ4v) is 6.53. The Balaban J connectivity index is 1.43. The summed E-state index contributed by atoms with van der Waals surface area (Å²) in [6, 6.07) is 10.4. The van der Waals surface area contributed by atoms with Crippen LogP contribution < -0.4 is 0 Å². The Hall–Kier alpha value is -3.08. The average molecular weight is 468 g/mol. The maximum Gasteiger partial charge on any atom is 0.253 e. The molecule has 1 atom stereocenters. The number of nitrogens with zero attached hydrogens (tertiary/aromatic N) is 4. The van der Waals surface area contributed by atoms with Gasteiger partial charge in [-0.3, -0.25) is 9.78 Å². The van der Waals surface area contributed by atoms with Crippen molar-refractivity contribution in [3.05, 3.63) is 65.9 Å². The summed E-state index contributed by atoms with van der Waals surface area (Å²) in [6.07, 6.45) is 4.82. The minimum absolute atomic E-state index is 0.0826. The van der Waals surface area contributed by atoms with Gasteiger partial charge in [0.15, 0.2) is 0 Å². The van der Waals surface area contributed by atoms with Crippen LogP contribution in [0.1, 0.15) is 17.3 Å². The van der Waals surface area contributed by atoms with Crippen LogP contribution >= 0.6 is 11.3 Å². The number of hydrogen-bond donors (Lipinski definition) is 1. The highest BCUT2D eigenvalue weighted by molar-refractivity contribution is 7.89. The molecule has 0 radical (unpaired) electrons. The van der Waals surface area contributed by atoms with E-state index < -0.39 is 10.0 Å². The zero-order valence-electron chi connectivity index (χ0n) is 17.3. The van der Waals surface area contributed by atoms with Crippen LogP contribution in [-0.4, -0.2) is 64.2 Å². The molecular formula is C22H21N5O3S2. The van der Waals surface area contributed by atoms with Crippen LogP contribution in [0.2, 0.25) is 0 Å². The maximum atomic E-state index is 13.6. The third kappa shape index (κ3) is 3.50. The van der Waals surface area contributed by atoms with Gasteiger partial charge in [-0.25, -0.2) is 13.4 Å². The standard InChI is InChI=1S/C22H21N5O3S2/c1-15-14-26(22(28)16-5-3-2-4-6-16)10-11-27(15)32(29,30)18-13-25-19-17(18)7-8-23-20(19)21-24-9-12-31-21/h2-9,12-13,15,25H,10-11,14H2,1H3/t15-/m1/s1. The van der Waals surface area contributed by atoms with Crippen LogP contribution in [0.25, 0.3) is 21.6 Å². The molecule has 4 heterocycles. The zero-order chi connectivity index (χ0) is 22.3. The molecule has 164 valence electrons. The van der Waals surface area contributed by atoms with Crippen molar-refractivity contribution in [2.24, 2.45) is 0 Å². The smallest absolute Gasteiger partial charge is 0.253 e. The van der Waals surface area contributed by atoms with E-state index in [0.29, 0.717) is 35.2 Å². The number of nitrogens with one attached hydrogen (secondary N) is 1. The summed E-state index contributed by atoms with van der Waals surface area (Å²) < 4.78 is 28.7. The molecule has 1 saturated heterocycles. The first-order valence-corrected chi connectivity index (χ1v) is 12.5. The second-order valence-electron chi connectivity index (χ2n) is 7.65.